The molecule has 32 heavy (non-hydrogen) atoms. The molecule has 0 aliphatic carbocycles. The van der Waals surface area contributed by atoms with Crippen molar-refractivity contribution in [3.8, 4) is 22.9 Å². The van der Waals surface area contributed by atoms with Crippen molar-refractivity contribution in [2.45, 2.75) is 12.5 Å². The van der Waals surface area contributed by atoms with Gasteiger partial charge in [0.05, 0.1) is 17.9 Å². The van der Waals surface area contributed by atoms with Crippen LogP contribution in [0, 0.1) is 0 Å². The molecule has 0 bridgehead atoms. The van der Waals surface area contributed by atoms with Crippen molar-refractivity contribution in [2.75, 3.05) is 31.6 Å². The summed E-state index contributed by atoms with van der Waals surface area (Å²) in [5.41, 5.74) is 3.20. The lowest BCUT2D eigenvalue weighted by atomic mass is 10.2. The Hall–Kier alpha value is -4.01. The maximum Gasteiger partial charge on any atom is 0.321 e. The molecular formula is C23H21N5O4. The van der Waals surface area contributed by atoms with Crippen LogP contribution >= 0.6 is 0 Å². The smallest absolute Gasteiger partial charge is 0.321 e. The summed E-state index contributed by atoms with van der Waals surface area (Å²) >= 11 is 0. The Morgan fingerprint density at radius 1 is 1.12 bits per heavy atom. The minimum absolute atomic E-state index is 0.0609. The van der Waals surface area contributed by atoms with E-state index in [1.807, 2.05) is 35.2 Å². The third-order valence-corrected chi connectivity index (χ3v) is 5.84. The standard InChI is InChI=1S/C23H21N5O4/c29-23(25-16-3-4-19-20(12-16)32-11-10-31-19)27-8-5-17(13-27)28-21(15-6-9-30-14-15)26-18-2-1-7-24-22(18)28/h1-4,6-7,9,12,14,17H,5,8,10-11,13H2,(H,25,29)/t17-/m0/s1. The minimum atomic E-state index is -0.147. The van der Waals surface area contributed by atoms with Gasteiger partial charge in [0, 0.05) is 31.0 Å². The first kappa shape index (κ1) is 18.7. The molecule has 0 spiro atoms. The summed E-state index contributed by atoms with van der Waals surface area (Å²) < 4.78 is 18.6. The third-order valence-electron chi connectivity index (χ3n) is 5.84. The van der Waals surface area contributed by atoms with Gasteiger partial charge in [-0.2, -0.15) is 0 Å². The van der Waals surface area contributed by atoms with Crippen molar-refractivity contribution < 1.29 is 18.7 Å². The van der Waals surface area contributed by atoms with E-state index in [0.29, 0.717) is 43.5 Å². The van der Waals surface area contributed by atoms with Crippen LogP contribution in [0.4, 0.5) is 10.5 Å². The van der Waals surface area contributed by atoms with Crippen LogP contribution in [0.3, 0.4) is 0 Å². The second kappa shape index (κ2) is 7.60. The zero-order valence-corrected chi connectivity index (χ0v) is 17.2. The van der Waals surface area contributed by atoms with Gasteiger partial charge in [0.25, 0.3) is 0 Å². The number of nitrogens with zero attached hydrogens (tertiary/aromatic N) is 4. The van der Waals surface area contributed by atoms with E-state index in [2.05, 4.69) is 14.9 Å². The summed E-state index contributed by atoms with van der Waals surface area (Å²) in [4.78, 5) is 24.1. The second-order valence-corrected chi connectivity index (χ2v) is 7.84. The molecule has 9 heteroatoms. The Morgan fingerprint density at radius 2 is 2.03 bits per heavy atom. The first-order valence-electron chi connectivity index (χ1n) is 10.6. The van der Waals surface area contributed by atoms with Crippen molar-refractivity contribution in [1.82, 2.24) is 19.4 Å². The van der Waals surface area contributed by atoms with Gasteiger partial charge in [-0.1, -0.05) is 0 Å². The molecule has 9 nitrogen and oxygen atoms in total. The zero-order chi connectivity index (χ0) is 21.5. The highest BCUT2D eigenvalue weighted by Gasteiger charge is 2.31. The van der Waals surface area contributed by atoms with Gasteiger partial charge in [-0.15, -0.1) is 0 Å². The number of nitrogens with one attached hydrogen (secondary N) is 1. The van der Waals surface area contributed by atoms with Crippen LogP contribution in [0.1, 0.15) is 12.5 Å². The van der Waals surface area contributed by atoms with E-state index in [9.17, 15) is 4.79 Å². The average molecular weight is 431 g/mol. The lowest BCUT2D eigenvalue weighted by Gasteiger charge is -2.21. The molecule has 1 atom stereocenters. The largest absolute Gasteiger partial charge is 0.486 e. The summed E-state index contributed by atoms with van der Waals surface area (Å²) in [6.07, 6.45) is 5.88. The fourth-order valence-electron chi connectivity index (χ4n) is 4.33. The Kier molecular flexibility index (Phi) is 4.45. The van der Waals surface area contributed by atoms with Crippen LogP contribution < -0.4 is 14.8 Å². The number of urea groups is 1. The van der Waals surface area contributed by atoms with Crippen LogP contribution in [0.5, 0.6) is 11.5 Å². The first-order chi connectivity index (χ1) is 15.8. The highest BCUT2D eigenvalue weighted by Crippen LogP contribution is 2.34. The van der Waals surface area contributed by atoms with Gasteiger partial charge in [-0.05, 0) is 36.8 Å². The van der Waals surface area contributed by atoms with E-state index in [1.165, 1.54) is 0 Å². The number of furan rings is 1. The average Bonchev–Trinajstić information content (AvgIpc) is 3.58. The van der Waals surface area contributed by atoms with Gasteiger partial charge in [-0.3, -0.25) is 0 Å². The molecule has 2 aliphatic rings. The number of amides is 2. The van der Waals surface area contributed by atoms with Gasteiger partial charge in [0.15, 0.2) is 17.1 Å². The fraction of sp³-hybridized carbons (Fsp3) is 0.261. The summed E-state index contributed by atoms with van der Waals surface area (Å²) in [6.45, 7) is 2.23. The number of ether oxygens (including phenoxy) is 2. The van der Waals surface area contributed by atoms with Crippen molar-refractivity contribution in [1.29, 1.82) is 0 Å². The number of likely N-dealkylation sites (tertiary alicyclic amines) is 1. The topological polar surface area (TPSA) is 94.7 Å². The molecule has 0 unspecified atom stereocenters. The van der Waals surface area contributed by atoms with E-state index in [-0.39, 0.29) is 12.1 Å². The van der Waals surface area contributed by atoms with E-state index in [4.69, 9.17) is 18.9 Å². The molecule has 6 rings (SSSR count). The molecule has 3 aromatic heterocycles. The van der Waals surface area contributed by atoms with Crippen LogP contribution in [0.15, 0.2) is 59.5 Å². The highest BCUT2D eigenvalue weighted by molar-refractivity contribution is 5.90. The Morgan fingerprint density at radius 3 is 2.91 bits per heavy atom. The van der Waals surface area contributed by atoms with Crippen LogP contribution in [-0.2, 0) is 0 Å². The molecule has 1 fully saturated rings. The normalized spacial score (nSPS) is 17.6. The quantitative estimate of drug-likeness (QED) is 0.528. The van der Waals surface area contributed by atoms with E-state index >= 15 is 0 Å². The summed E-state index contributed by atoms with van der Waals surface area (Å²) in [7, 11) is 0. The van der Waals surface area contributed by atoms with Crippen LogP contribution in [-0.4, -0.2) is 51.8 Å². The number of aromatic nitrogens is 3. The van der Waals surface area contributed by atoms with Crippen molar-refractivity contribution in [3.05, 3.63) is 55.1 Å². The first-order valence-corrected chi connectivity index (χ1v) is 10.6. The van der Waals surface area contributed by atoms with E-state index in [0.717, 1.165) is 29.0 Å². The molecule has 0 saturated carbocycles. The number of rotatable bonds is 3. The molecule has 0 radical (unpaired) electrons. The van der Waals surface area contributed by atoms with Crippen molar-refractivity contribution >= 4 is 22.9 Å². The Labute approximate surface area is 183 Å². The van der Waals surface area contributed by atoms with Gasteiger partial charge >= 0.3 is 6.03 Å². The number of carbonyl (C=O) groups excluding carboxylic acids is 1. The van der Waals surface area contributed by atoms with Crippen LogP contribution in [0.25, 0.3) is 22.6 Å². The predicted octanol–water partition coefficient (Wildman–Crippen LogP) is 3.94. The molecule has 5 heterocycles. The number of anilines is 1. The van der Waals surface area contributed by atoms with Crippen molar-refractivity contribution in [2.24, 2.45) is 0 Å². The maximum atomic E-state index is 13.0. The third kappa shape index (κ3) is 3.22. The Bertz CT molecular complexity index is 1280. The van der Waals surface area contributed by atoms with Crippen molar-refractivity contribution in [3.63, 3.8) is 0 Å². The molecule has 2 amide bonds. The van der Waals surface area contributed by atoms with Gasteiger partial charge in [0.1, 0.15) is 30.8 Å². The van der Waals surface area contributed by atoms with E-state index < -0.39 is 0 Å². The molecule has 1 N–H and O–H groups in total. The second-order valence-electron chi connectivity index (χ2n) is 7.84. The maximum absolute atomic E-state index is 13.0. The number of fused-ring (bicyclic) bond motifs is 2. The van der Waals surface area contributed by atoms with E-state index in [1.54, 1.807) is 24.8 Å². The molecule has 1 aromatic carbocycles. The molecular weight excluding hydrogens is 410 g/mol. The molecule has 162 valence electrons. The van der Waals surface area contributed by atoms with Gasteiger partial charge in [-0.25, -0.2) is 14.8 Å². The highest BCUT2D eigenvalue weighted by atomic mass is 16.6. The monoisotopic (exact) mass is 431 g/mol. The number of carbonyl (C=O) groups is 1. The predicted molar refractivity (Wildman–Crippen MR) is 117 cm³/mol. The lowest BCUT2D eigenvalue weighted by Crippen LogP contribution is -2.33. The van der Waals surface area contributed by atoms with Gasteiger partial charge in [0.2, 0.25) is 0 Å². The molecule has 2 aliphatic heterocycles. The minimum Gasteiger partial charge on any atom is -0.486 e. The number of pyridine rings is 1. The van der Waals surface area contributed by atoms with Crippen LogP contribution in [0.2, 0.25) is 0 Å². The number of hydrogen-bond acceptors (Lipinski definition) is 6. The Balaban J connectivity index is 1.24. The fourth-order valence-corrected chi connectivity index (χ4v) is 4.33. The number of benzene rings is 1. The van der Waals surface area contributed by atoms with Gasteiger partial charge < -0.3 is 28.7 Å². The summed E-state index contributed by atoms with van der Waals surface area (Å²) in [6, 6.07) is 11.1. The number of imidazole rings is 1. The number of hydrogen-bond donors (Lipinski definition) is 1. The zero-order valence-electron chi connectivity index (χ0n) is 17.2. The summed E-state index contributed by atoms with van der Waals surface area (Å²) in [5, 5.41) is 2.98. The lowest BCUT2D eigenvalue weighted by molar-refractivity contribution is 0.171. The summed E-state index contributed by atoms with van der Waals surface area (Å²) in [5.74, 6) is 2.14. The molecule has 1 saturated heterocycles. The SMILES string of the molecule is O=C(Nc1ccc2c(c1)OCCO2)N1CC[C@H](n2c(-c3ccoc3)nc3cccnc32)C1. The molecule has 4 aromatic rings.